The molecule has 1 aliphatic heterocycles. The van der Waals surface area contributed by atoms with Crippen molar-refractivity contribution in [2.45, 2.75) is 32.4 Å². The van der Waals surface area contributed by atoms with Crippen LogP contribution in [-0.4, -0.2) is 27.7 Å². The van der Waals surface area contributed by atoms with E-state index in [0.29, 0.717) is 0 Å². The maximum atomic E-state index is 5.65. The van der Waals surface area contributed by atoms with Crippen molar-refractivity contribution in [1.82, 2.24) is 14.8 Å². The molecule has 0 bridgehead atoms. The van der Waals surface area contributed by atoms with Crippen molar-refractivity contribution in [2.75, 3.05) is 13.1 Å². The van der Waals surface area contributed by atoms with Crippen LogP contribution in [0.1, 0.15) is 36.4 Å². The van der Waals surface area contributed by atoms with Gasteiger partial charge in [0.1, 0.15) is 6.04 Å². The summed E-state index contributed by atoms with van der Waals surface area (Å²) in [6.07, 6.45) is 4.52. The molecule has 2 aromatic heterocycles. The van der Waals surface area contributed by atoms with Crippen molar-refractivity contribution in [2.24, 2.45) is 0 Å². The van der Waals surface area contributed by atoms with E-state index in [9.17, 15) is 0 Å². The van der Waals surface area contributed by atoms with Crippen molar-refractivity contribution < 1.29 is 0 Å². The van der Waals surface area contributed by atoms with Crippen LogP contribution in [0.25, 0.3) is 0 Å². The summed E-state index contributed by atoms with van der Waals surface area (Å²) in [6, 6.07) is 8.92. The molecule has 0 radical (unpaired) electrons. The van der Waals surface area contributed by atoms with Crippen molar-refractivity contribution >= 4 is 28.7 Å². The van der Waals surface area contributed by atoms with Gasteiger partial charge in [-0.1, -0.05) is 19.4 Å². The number of rotatable bonds is 4. The number of fused-ring (bicyclic) bond motifs is 1. The maximum absolute atomic E-state index is 5.65. The quantitative estimate of drug-likeness (QED) is 0.686. The Kier molecular flexibility index (Phi) is 4.60. The molecule has 0 spiro atoms. The molecule has 0 saturated heterocycles. The molecular weight excluding hydrogens is 298 g/mol. The topological polar surface area (TPSA) is 20.2 Å². The monoisotopic (exact) mass is 319 g/mol. The predicted molar refractivity (Wildman–Crippen MR) is 92.8 cm³/mol. The van der Waals surface area contributed by atoms with Gasteiger partial charge in [0, 0.05) is 36.4 Å². The highest BCUT2D eigenvalue weighted by atomic mass is 32.1. The molecule has 1 aliphatic rings. The fraction of sp³-hybridized carbons (Fsp3) is 0.438. The normalized spacial score (nSPS) is 17.6. The highest BCUT2D eigenvalue weighted by Gasteiger charge is 2.30. The summed E-state index contributed by atoms with van der Waals surface area (Å²) in [5.74, 6) is 0. The first kappa shape index (κ1) is 14.6. The standard InChI is InChI=1S/C16H21N3S2/c1-2-3-8-17-16(20)19-11-10-18-9-4-6-13(18)15(19)14-7-5-12-21-14/h4-7,9,12,15H,2-3,8,10-11H2,1H3,(H,17,20)/t15-/m1/s1. The minimum absolute atomic E-state index is 0.246. The predicted octanol–water partition coefficient (Wildman–Crippen LogP) is 3.63. The zero-order valence-corrected chi connectivity index (χ0v) is 13.9. The molecule has 0 aromatic carbocycles. The highest BCUT2D eigenvalue weighted by Crippen LogP contribution is 2.34. The largest absolute Gasteiger partial charge is 0.363 e. The second-order valence-corrected chi connectivity index (χ2v) is 6.69. The minimum atomic E-state index is 0.246. The van der Waals surface area contributed by atoms with Crippen LogP contribution < -0.4 is 5.32 Å². The number of thiophene rings is 1. The molecule has 0 aliphatic carbocycles. The van der Waals surface area contributed by atoms with Gasteiger partial charge >= 0.3 is 0 Å². The fourth-order valence-electron chi connectivity index (χ4n) is 2.82. The molecule has 0 amide bonds. The molecule has 2 aromatic rings. The van der Waals surface area contributed by atoms with Gasteiger partial charge in [-0.05, 0) is 42.2 Å². The SMILES string of the molecule is CCCCNC(=S)N1CCn2cccc2[C@@H]1c1cccs1. The first-order chi connectivity index (χ1) is 10.3. The first-order valence-electron chi connectivity index (χ1n) is 7.54. The number of unbranched alkanes of at least 4 members (excludes halogenated alkanes) is 1. The van der Waals surface area contributed by atoms with Crippen molar-refractivity contribution in [1.29, 1.82) is 0 Å². The Morgan fingerprint density at radius 3 is 3.05 bits per heavy atom. The lowest BCUT2D eigenvalue weighted by Gasteiger charge is -2.38. The lowest BCUT2D eigenvalue weighted by atomic mass is 10.1. The van der Waals surface area contributed by atoms with E-state index >= 15 is 0 Å². The van der Waals surface area contributed by atoms with Gasteiger partial charge in [-0.3, -0.25) is 0 Å². The Labute approximate surface area is 135 Å². The van der Waals surface area contributed by atoms with Crippen molar-refractivity contribution in [3.63, 3.8) is 0 Å². The number of aromatic nitrogens is 1. The maximum Gasteiger partial charge on any atom is 0.169 e. The summed E-state index contributed by atoms with van der Waals surface area (Å²) in [4.78, 5) is 3.70. The van der Waals surface area contributed by atoms with Crippen LogP contribution >= 0.6 is 23.6 Å². The Balaban J connectivity index is 1.84. The van der Waals surface area contributed by atoms with E-state index in [0.717, 1.165) is 31.2 Å². The Hall–Kier alpha value is -1.33. The van der Waals surface area contributed by atoms with Gasteiger partial charge in [0.2, 0.25) is 0 Å². The molecule has 1 atom stereocenters. The van der Waals surface area contributed by atoms with Gasteiger partial charge in [-0.2, -0.15) is 0 Å². The number of nitrogens with zero attached hydrogens (tertiary/aromatic N) is 2. The van der Waals surface area contributed by atoms with Gasteiger partial charge in [0.15, 0.2) is 5.11 Å². The third-order valence-electron chi connectivity index (χ3n) is 3.92. The van der Waals surface area contributed by atoms with Crippen molar-refractivity contribution in [3.8, 4) is 0 Å². The van der Waals surface area contributed by atoms with Gasteiger partial charge in [-0.15, -0.1) is 11.3 Å². The molecule has 3 rings (SSSR count). The second kappa shape index (κ2) is 6.62. The van der Waals surface area contributed by atoms with Gasteiger partial charge in [0.05, 0.1) is 0 Å². The lowest BCUT2D eigenvalue weighted by Crippen LogP contribution is -2.47. The van der Waals surface area contributed by atoms with Crippen LogP contribution in [0.15, 0.2) is 35.8 Å². The molecule has 0 fully saturated rings. The van der Waals surface area contributed by atoms with Crippen molar-refractivity contribution in [3.05, 3.63) is 46.4 Å². The Morgan fingerprint density at radius 2 is 2.29 bits per heavy atom. The number of hydrogen-bond donors (Lipinski definition) is 1. The third-order valence-corrected chi connectivity index (χ3v) is 5.22. The molecule has 0 saturated carbocycles. The van der Waals surface area contributed by atoms with E-state index in [-0.39, 0.29) is 6.04 Å². The second-order valence-electron chi connectivity index (χ2n) is 5.32. The zero-order valence-electron chi connectivity index (χ0n) is 12.3. The molecular formula is C16H21N3S2. The van der Waals surface area contributed by atoms with Crippen LogP contribution in [-0.2, 0) is 6.54 Å². The van der Waals surface area contributed by atoms with Crippen LogP contribution in [0.4, 0.5) is 0 Å². The molecule has 3 nitrogen and oxygen atoms in total. The number of thiocarbonyl (C=S) groups is 1. The van der Waals surface area contributed by atoms with E-state index in [1.54, 1.807) is 11.3 Å². The summed E-state index contributed by atoms with van der Waals surface area (Å²) in [5.41, 5.74) is 1.34. The average molecular weight is 319 g/mol. The first-order valence-corrected chi connectivity index (χ1v) is 8.83. The minimum Gasteiger partial charge on any atom is -0.363 e. The highest BCUT2D eigenvalue weighted by molar-refractivity contribution is 7.80. The summed E-state index contributed by atoms with van der Waals surface area (Å²) in [7, 11) is 0. The molecule has 21 heavy (non-hydrogen) atoms. The smallest absolute Gasteiger partial charge is 0.169 e. The van der Waals surface area contributed by atoms with Gasteiger partial charge < -0.3 is 14.8 Å². The Bertz CT molecular complexity index is 588. The third kappa shape index (κ3) is 2.99. The van der Waals surface area contributed by atoms with E-state index in [4.69, 9.17) is 12.2 Å². The molecule has 3 heterocycles. The van der Waals surface area contributed by atoms with E-state index < -0.39 is 0 Å². The summed E-state index contributed by atoms with van der Waals surface area (Å²) < 4.78 is 2.34. The summed E-state index contributed by atoms with van der Waals surface area (Å²) in [5, 5.41) is 6.45. The van der Waals surface area contributed by atoms with Crippen LogP contribution in [0, 0.1) is 0 Å². The van der Waals surface area contributed by atoms with Crippen LogP contribution in [0.2, 0.25) is 0 Å². The van der Waals surface area contributed by atoms with E-state index in [1.165, 1.54) is 17.0 Å². The lowest BCUT2D eigenvalue weighted by molar-refractivity contribution is 0.289. The molecule has 112 valence electrons. The molecule has 5 heteroatoms. The summed E-state index contributed by atoms with van der Waals surface area (Å²) in [6.45, 7) is 5.12. The zero-order chi connectivity index (χ0) is 14.7. The number of hydrogen-bond acceptors (Lipinski definition) is 2. The Morgan fingerprint density at radius 1 is 1.38 bits per heavy atom. The van der Waals surface area contributed by atoms with E-state index in [1.807, 2.05) is 0 Å². The van der Waals surface area contributed by atoms with Gasteiger partial charge in [-0.25, -0.2) is 0 Å². The number of nitrogens with one attached hydrogen (secondary N) is 1. The molecule has 1 N–H and O–H groups in total. The van der Waals surface area contributed by atoms with Crippen LogP contribution in [0.3, 0.4) is 0 Å². The summed E-state index contributed by atoms with van der Waals surface area (Å²) >= 11 is 7.46. The molecule has 0 unspecified atom stereocenters. The fourth-order valence-corrected chi connectivity index (χ4v) is 3.97. The van der Waals surface area contributed by atoms with Gasteiger partial charge in [0.25, 0.3) is 0 Å². The van der Waals surface area contributed by atoms with Crippen LogP contribution in [0.5, 0.6) is 0 Å². The van der Waals surface area contributed by atoms with E-state index in [2.05, 4.69) is 57.5 Å². The average Bonchev–Trinajstić information content (AvgIpc) is 3.17.